The van der Waals surface area contributed by atoms with Crippen molar-refractivity contribution >= 4 is 34.4 Å². The molecule has 0 N–H and O–H groups in total. The molecule has 0 fully saturated rings. The number of aromatic nitrogens is 4. The first kappa shape index (κ1) is 18.6. The van der Waals surface area contributed by atoms with E-state index in [-0.39, 0.29) is 17.1 Å². The van der Waals surface area contributed by atoms with Crippen LogP contribution >= 0.6 is 11.6 Å². The molecular weight excluding hydrogens is 409 g/mol. The second-order valence-corrected chi connectivity index (χ2v) is 7.56. The number of fused-ring (bicyclic) bond motifs is 3. The number of rotatable bonds is 3. The van der Waals surface area contributed by atoms with Crippen molar-refractivity contribution in [3.63, 3.8) is 0 Å². The maximum absolute atomic E-state index is 14.3. The molecule has 1 aliphatic rings. The molecule has 0 amide bonds. The third-order valence-electron chi connectivity index (χ3n) is 5.45. The van der Waals surface area contributed by atoms with E-state index >= 15 is 0 Å². The lowest BCUT2D eigenvalue weighted by molar-refractivity contribution is 0.582. The second kappa shape index (κ2) is 6.84. The molecule has 2 aromatic heterocycles. The Labute approximate surface area is 175 Å². The van der Waals surface area contributed by atoms with E-state index in [0.717, 1.165) is 10.3 Å². The summed E-state index contributed by atoms with van der Waals surface area (Å²) in [7, 11) is 1.55. The average Bonchev–Trinajstić information content (AvgIpc) is 3.31. The topological polar surface area (TPSA) is 65.1 Å². The predicted octanol–water partition coefficient (Wildman–Crippen LogP) is 2.89. The van der Waals surface area contributed by atoms with Crippen molar-refractivity contribution < 1.29 is 4.39 Å². The van der Waals surface area contributed by atoms with E-state index in [1.165, 1.54) is 22.8 Å². The van der Waals surface area contributed by atoms with Crippen molar-refractivity contribution in [1.82, 2.24) is 18.7 Å². The Morgan fingerprint density at radius 2 is 1.83 bits per heavy atom. The van der Waals surface area contributed by atoms with E-state index in [9.17, 15) is 14.0 Å². The van der Waals surface area contributed by atoms with Crippen LogP contribution in [0.25, 0.3) is 11.2 Å². The predicted molar refractivity (Wildman–Crippen MR) is 113 cm³/mol. The summed E-state index contributed by atoms with van der Waals surface area (Å²) >= 11 is 6.11. The molecule has 30 heavy (non-hydrogen) atoms. The summed E-state index contributed by atoms with van der Waals surface area (Å²) in [6.45, 7) is 0.953. The minimum Gasteiger partial charge on any atom is -0.310 e. The maximum Gasteiger partial charge on any atom is 0.332 e. The molecule has 1 aliphatic heterocycles. The highest BCUT2D eigenvalue weighted by molar-refractivity contribution is 6.31. The summed E-state index contributed by atoms with van der Waals surface area (Å²) in [6.07, 6.45) is 0. The van der Waals surface area contributed by atoms with Crippen molar-refractivity contribution in [2.24, 2.45) is 7.05 Å². The van der Waals surface area contributed by atoms with Crippen LogP contribution in [0, 0.1) is 5.82 Å². The Balaban J connectivity index is 1.71. The lowest BCUT2D eigenvalue weighted by Crippen LogP contribution is -2.40. The minimum absolute atomic E-state index is 0.102. The standard InChI is InChI=1S/C21H17ClFN5O2/c1-25-18-17(27-11-10-26(20(27)24-18)13-6-3-2-4-7-13)19(29)28(21(25)30)12-14-15(22)8-5-9-16(14)23/h2-9H,10-12H2,1H3. The summed E-state index contributed by atoms with van der Waals surface area (Å²) in [5.74, 6) is 0.0373. The lowest BCUT2D eigenvalue weighted by atomic mass is 10.2. The van der Waals surface area contributed by atoms with Gasteiger partial charge in [-0.3, -0.25) is 13.9 Å². The molecule has 4 aromatic rings. The summed E-state index contributed by atoms with van der Waals surface area (Å²) in [6, 6.07) is 14.0. The molecule has 0 saturated carbocycles. The van der Waals surface area contributed by atoms with Crippen LogP contribution < -0.4 is 16.1 Å². The first-order chi connectivity index (χ1) is 14.5. The highest BCUT2D eigenvalue weighted by Crippen LogP contribution is 2.31. The Morgan fingerprint density at radius 1 is 1.07 bits per heavy atom. The van der Waals surface area contributed by atoms with Gasteiger partial charge in [0, 0.05) is 36.4 Å². The number of para-hydroxylation sites is 1. The SMILES string of the molecule is Cn1c(=O)n(Cc2c(F)cccc2Cl)c(=O)c2c1nc1n2CCN1c1ccccc1. The molecule has 0 atom stereocenters. The highest BCUT2D eigenvalue weighted by Gasteiger charge is 2.28. The van der Waals surface area contributed by atoms with Crippen LogP contribution in [0.4, 0.5) is 16.0 Å². The van der Waals surface area contributed by atoms with Gasteiger partial charge in [-0.25, -0.2) is 9.18 Å². The summed E-state index contributed by atoms with van der Waals surface area (Å²) < 4.78 is 18.4. The Hall–Kier alpha value is -3.39. The van der Waals surface area contributed by atoms with Crippen LogP contribution in [0.15, 0.2) is 58.1 Å². The largest absolute Gasteiger partial charge is 0.332 e. The van der Waals surface area contributed by atoms with Crippen LogP contribution in [0.5, 0.6) is 0 Å². The molecule has 152 valence electrons. The fraction of sp³-hybridized carbons (Fsp3) is 0.190. The van der Waals surface area contributed by atoms with Crippen molar-refractivity contribution in [2.75, 3.05) is 11.4 Å². The number of hydrogen-bond acceptors (Lipinski definition) is 4. The van der Waals surface area contributed by atoms with Crippen LogP contribution in [0.2, 0.25) is 5.02 Å². The van der Waals surface area contributed by atoms with Crippen LogP contribution in [0.1, 0.15) is 5.56 Å². The van der Waals surface area contributed by atoms with Crippen molar-refractivity contribution in [2.45, 2.75) is 13.1 Å². The number of aryl methyl sites for hydroxylation is 1. The van der Waals surface area contributed by atoms with E-state index in [2.05, 4.69) is 4.98 Å². The minimum atomic E-state index is -0.574. The number of imidazole rings is 1. The number of benzene rings is 2. The van der Waals surface area contributed by atoms with Gasteiger partial charge in [-0.15, -0.1) is 0 Å². The second-order valence-electron chi connectivity index (χ2n) is 7.16. The molecule has 0 aliphatic carbocycles. The Morgan fingerprint density at radius 3 is 2.57 bits per heavy atom. The van der Waals surface area contributed by atoms with Gasteiger partial charge < -0.3 is 9.47 Å². The molecule has 0 unspecified atom stereocenters. The molecule has 9 heteroatoms. The van der Waals surface area contributed by atoms with Crippen molar-refractivity contribution in [1.29, 1.82) is 0 Å². The van der Waals surface area contributed by atoms with E-state index in [1.54, 1.807) is 7.05 Å². The zero-order chi connectivity index (χ0) is 21.0. The van der Waals surface area contributed by atoms with Crippen LogP contribution in [-0.2, 0) is 20.1 Å². The quantitative estimate of drug-likeness (QED) is 0.506. The van der Waals surface area contributed by atoms with E-state index in [1.807, 2.05) is 39.8 Å². The normalized spacial score (nSPS) is 13.2. The lowest BCUT2D eigenvalue weighted by Gasteiger charge is -2.15. The summed E-state index contributed by atoms with van der Waals surface area (Å²) in [5, 5.41) is 0.165. The fourth-order valence-electron chi connectivity index (χ4n) is 3.91. The van der Waals surface area contributed by atoms with Gasteiger partial charge in [0.1, 0.15) is 5.82 Å². The van der Waals surface area contributed by atoms with Gasteiger partial charge in [-0.1, -0.05) is 35.9 Å². The van der Waals surface area contributed by atoms with Gasteiger partial charge in [0.15, 0.2) is 11.2 Å². The van der Waals surface area contributed by atoms with Gasteiger partial charge >= 0.3 is 5.69 Å². The van der Waals surface area contributed by atoms with Gasteiger partial charge in [0.25, 0.3) is 5.56 Å². The van der Waals surface area contributed by atoms with Crippen molar-refractivity contribution in [3.05, 3.63) is 85.8 Å². The maximum atomic E-state index is 14.3. The molecule has 0 saturated heterocycles. The summed E-state index contributed by atoms with van der Waals surface area (Å²) in [4.78, 5) is 32.8. The smallest absolute Gasteiger partial charge is 0.310 e. The molecule has 3 heterocycles. The highest BCUT2D eigenvalue weighted by atomic mass is 35.5. The van der Waals surface area contributed by atoms with E-state index in [0.29, 0.717) is 30.2 Å². The van der Waals surface area contributed by atoms with E-state index < -0.39 is 17.1 Å². The molecule has 5 rings (SSSR count). The first-order valence-corrected chi connectivity index (χ1v) is 9.80. The molecule has 0 bridgehead atoms. The number of anilines is 2. The van der Waals surface area contributed by atoms with Gasteiger partial charge in [-0.2, -0.15) is 4.98 Å². The molecule has 7 nitrogen and oxygen atoms in total. The van der Waals surface area contributed by atoms with Gasteiger partial charge in [0.05, 0.1) is 6.54 Å². The average molecular weight is 426 g/mol. The molecule has 0 spiro atoms. The third-order valence-corrected chi connectivity index (χ3v) is 5.80. The molecule has 0 radical (unpaired) electrons. The zero-order valence-electron chi connectivity index (χ0n) is 16.0. The first-order valence-electron chi connectivity index (χ1n) is 9.43. The van der Waals surface area contributed by atoms with Crippen LogP contribution in [-0.4, -0.2) is 25.2 Å². The molecule has 2 aromatic carbocycles. The zero-order valence-corrected chi connectivity index (χ0v) is 16.8. The van der Waals surface area contributed by atoms with Crippen molar-refractivity contribution in [3.8, 4) is 0 Å². The molecular formula is C21H17ClFN5O2. The van der Waals surface area contributed by atoms with Gasteiger partial charge in [0.2, 0.25) is 5.95 Å². The number of halogens is 2. The Kier molecular flexibility index (Phi) is 4.25. The number of hydrogen-bond donors (Lipinski definition) is 0. The van der Waals surface area contributed by atoms with Crippen LogP contribution in [0.3, 0.4) is 0 Å². The third kappa shape index (κ3) is 2.68. The monoisotopic (exact) mass is 425 g/mol. The van der Waals surface area contributed by atoms with E-state index in [4.69, 9.17) is 11.6 Å². The van der Waals surface area contributed by atoms with Gasteiger partial charge in [-0.05, 0) is 24.3 Å². The fourth-order valence-corrected chi connectivity index (χ4v) is 4.13. The Bertz CT molecular complexity index is 1390. The summed E-state index contributed by atoms with van der Waals surface area (Å²) in [5.41, 5.74) is 0.588. The number of nitrogens with zero attached hydrogens (tertiary/aromatic N) is 5.